The van der Waals surface area contributed by atoms with Crippen LogP contribution in [0.1, 0.15) is 47.1 Å². The first-order valence-corrected chi connectivity index (χ1v) is 6.49. The summed E-state index contributed by atoms with van der Waals surface area (Å²) in [5, 5.41) is 2.38. The number of alkyl halides is 3. The van der Waals surface area contributed by atoms with E-state index in [1.165, 1.54) is 19.3 Å². The number of hydrogen-bond acceptors (Lipinski definition) is 4. The summed E-state index contributed by atoms with van der Waals surface area (Å²) < 4.78 is 43.4. The normalized spacial score (nSPS) is 11.8. The van der Waals surface area contributed by atoms with Gasteiger partial charge in [-0.15, -0.1) is 0 Å². The lowest BCUT2D eigenvalue weighted by Gasteiger charge is -2.12. The van der Waals surface area contributed by atoms with Crippen molar-refractivity contribution in [1.29, 1.82) is 0 Å². The van der Waals surface area contributed by atoms with Crippen molar-refractivity contribution in [3.63, 3.8) is 0 Å². The number of amides is 1. The minimum Gasteiger partial charge on any atom is -0.468 e. The van der Waals surface area contributed by atoms with Crippen molar-refractivity contribution >= 4 is 11.7 Å². The van der Waals surface area contributed by atoms with Gasteiger partial charge < -0.3 is 9.73 Å². The lowest BCUT2D eigenvalue weighted by atomic mass is 10.1. The summed E-state index contributed by atoms with van der Waals surface area (Å²) in [4.78, 5) is 20.2. The highest BCUT2D eigenvalue weighted by atomic mass is 19.4. The van der Waals surface area contributed by atoms with Crippen LogP contribution in [0.15, 0.2) is 23.1 Å². The molecule has 0 bridgehead atoms. The average molecular weight is 313 g/mol. The number of carbonyl (C=O) groups excluding carboxylic acids is 1. The topological polar surface area (TPSA) is 68.0 Å². The maximum absolute atomic E-state index is 12.9. The Labute approximate surface area is 124 Å². The summed E-state index contributed by atoms with van der Waals surface area (Å²) in [6.45, 7) is 4.97. The molecule has 0 aromatic carbocycles. The maximum Gasteiger partial charge on any atom is 0.420 e. The fraction of sp³-hybridized carbons (Fsp3) is 0.357. The fourth-order valence-electron chi connectivity index (χ4n) is 1.98. The minimum atomic E-state index is -4.67. The quantitative estimate of drug-likeness (QED) is 0.936. The SMILES string of the molecule is Cc1occ(C(F)(F)F)c1C(=O)Nc1nccnc1C(C)C. The number of furan rings is 1. The second-order valence-electron chi connectivity index (χ2n) is 4.98. The first kappa shape index (κ1) is 16.0. The Bertz CT molecular complexity index is 693. The first-order valence-electron chi connectivity index (χ1n) is 6.49. The number of hydrogen-bond donors (Lipinski definition) is 1. The van der Waals surface area contributed by atoms with E-state index in [4.69, 9.17) is 4.42 Å². The standard InChI is InChI=1S/C14H14F3N3O2/c1-7(2)11-12(19-5-4-18-11)20-13(21)10-8(3)22-6-9(10)14(15,16)17/h4-7H,1-3H3,(H,19,20,21). The van der Waals surface area contributed by atoms with Gasteiger partial charge in [0.2, 0.25) is 0 Å². The number of rotatable bonds is 3. The largest absolute Gasteiger partial charge is 0.468 e. The van der Waals surface area contributed by atoms with Crippen molar-refractivity contribution < 1.29 is 22.4 Å². The molecule has 0 aliphatic heterocycles. The molecule has 0 spiro atoms. The lowest BCUT2D eigenvalue weighted by Crippen LogP contribution is -2.20. The van der Waals surface area contributed by atoms with Gasteiger partial charge in [0, 0.05) is 12.4 Å². The molecule has 0 saturated carbocycles. The number of nitrogens with zero attached hydrogens (tertiary/aromatic N) is 2. The van der Waals surface area contributed by atoms with Crippen LogP contribution in [-0.2, 0) is 6.18 Å². The van der Waals surface area contributed by atoms with E-state index in [9.17, 15) is 18.0 Å². The molecule has 2 aromatic rings. The maximum atomic E-state index is 12.9. The molecule has 8 heteroatoms. The Morgan fingerprint density at radius 1 is 1.27 bits per heavy atom. The summed E-state index contributed by atoms with van der Waals surface area (Å²) in [6, 6.07) is 0. The predicted octanol–water partition coefficient (Wildman–Crippen LogP) is 3.77. The van der Waals surface area contributed by atoms with E-state index in [1.807, 2.05) is 13.8 Å². The van der Waals surface area contributed by atoms with E-state index < -0.39 is 23.2 Å². The van der Waals surface area contributed by atoms with E-state index in [2.05, 4.69) is 15.3 Å². The zero-order valence-electron chi connectivity index (χ0n) is 12.2. The molecular weight excluding hydrogens is 299 g/mol. The van der Waals surface area contributed by atoms with Gasteiger partial charge in [-0.1, -0.05) is 13.8 Å². The monoisotopic (exact) mass is 313 g/mol. The second kappa shape index (κ2) is 5.78. The molecular formula is C14H14F3N3O2. The van der Waals surface area contributed by atoms with Crippen LogP contribution in [0.2, 0.25) is 0 Å². The molecule has 0 unspecified atom stereocenters. The Kier molecular flexibility index (Phi) is 4.20. The molecule has 0 saturated heterocycles. The Balaban J connectivity index is 2.38. The molecule has 2 aromatic heterocycles. The zero-order valence-corrected chi connectivity index (χ0v) is 12.2. The zero-order chi connectivity index (χ0) is 16.5. The molecule has 1 N–H and O–H groups in total. The highest BCUT2D eigenvalue weighted by Gasteiger charge is 2.38. The van der Waals surface area contributed by atoms with Crippen molar-refractivity contribution in [3.8, 4) is 0 Å². The smallest absolute Gasteiger partial charge is 0.420 e. The van der Waals surface area contributed by atoms with Crippen LogP contribution in [0.4, 0.5) is 19.0 Å². The third-order valence-electron chi connectivity index (χ3n) is 3.01. The molecule has 0 radical (unpaired) electrons. The molecule has 2 rings (SSSR count). The van der Waals surface area contributed by atoms with Crippen LogP contribution in [0.5, 0.6) is 0 Å². The molecule has 118 valence electrons. The third-order valence-corrected chi connectivity index (χ3v) is 3.01. The van der Waals surface area contributed by atoms with E-state index >= 15 is 0 Å². The molecule has 22 heavy (non-hydrogen) atoms. The van der Waals surface area contributed by atoms with Crippen molar-refractivity contribution in [1.82, 2.24) is 9.97 Å². The van der Waals surface area contributed by atoms with Crippen molar-refractivity contribution in [2.45, 2.75) is 32.9 Å². The van der Waals surface area contributed by atoms with E-state index in [0.717, 1.165) is 0 Å². The highest BCUT2D eigenvalue weighted by molar-refractivity contribution is 6.05. The molecule has 0 atom stereocenters. The number of carbonyl (C=O) groups is 1. The minimum absolute atomic E-state index is 0.0449. The van der Waals surface area contributed by atoms with Crippen LogP contribution in [0.3, 0.4) is 0 Å². The number of halogens is 3. The van der Waals surface area contributed by atoms with E-state index in [1.54, 1.807) is 0 Å². The molecule has 5 nitrogen and oxygen atoms in total. The van der Waals surface area contributed by atoms with Gasteiger partial charge >= 0.3 is 6.18 Å². The summed E-state index contributed by atoms with van der Waals surface area (Å²) >= 11 is 0. The Hall–Kier alpha value is -2.38. The number of aryl methyl sites for hydroxylation is 1. The van der Waals surface area contributed by atoms with Crippen LogP contribution in [0.25, 0.3) is 0 Å². The number of nitrogens with one attached hydrogen (secondary N) is 1. The van der Waals surface area contributed by atoms with Crippen LogP contribution in [0, 0.1) is 6.92 Å². The van der Waals surface area contributed by atoms with Crippen molar-refractivity contribution in [2.24, 2.45) is 0 Å². The molecule has 0 aliphatic carbocycles. The predicted molar refractivity (Wildman–Crippen MR) is 72.5 cm³/mol. The van der Waals surface area contributed by atoms with Gasteiger partial charge in [-0.2, -0.15) is 13.2 Å². The Morgan fingerprint density at radius 3 is 2.50 bits per heavy atom. The van der Waals surface area contributed by atoms with Gasteiger partial charge in [0.1, 0.15) is 17.6 Å². The summed E-state index contributed by atoms with van der Waals surface area (Å²) in [5.74, 6) is -0.950. The third kappa shape index (κ3) is 3.10. The highest BCUT2D eigenvalue weighted by Crippen LogP contribution is 2.35. The van der Waals surface area contributed by atoms with Crippen LogP contribution in [-0.4, -0.2) is 15.9 Å². The van der Waals surface area contributed by atoms with Crippen molar-refractivity contribution in [2.75, 3.05) is 5.32 Å². The first-order chi connectivity index (χ1) is 10.2. The van der Waals surface area contributed by atoms with E-state index in [0.29, 0.717) is 12.0 Å². The fourth-order valence-corrected chi connectivity index (χ4v) is 1.98. The molecule has 2 heterocycles. The van der Waals surface area contributed by atoms with Gasteiger partial charge in [-0.3, -0.25) is 9.78 Å². The van der Waals surface area contributed by atoms with Gasteiger partial charge in [0.15, 0.2) is 5.82 Å². The number of aromatic nitrogens is 2. The van der Waals surface area contributed by atoms with Crippen LogP contribution >= 0.6 is 0 Å². The molecule has 0 aliphatic rings. The van der Waals surface area contributed by atoms with Gasteiger partial charge in [0.05, 0.1) is 11.3 Å². The summed E-state index contributed by atoms with van der Waals surface area (Å²) in [7, 11) is 0. The van der Waals surface area contributed by atoms with Crippen LogP contribution < -0.4 is 5.32 Å². The van der Waals surface area contributed by atoms with E-state index in [-0.39, 0.29) is 17.5 Å². The molecule has 0 fully saturated rings. The van der Waals surface area contributed by atoms with Gasteiger partial charge in [0.25, 0.3) is 5.91 Å². The van der Waals surface area contributed by atoms with Gasteiger partial charge in [-0.05, 0) is 12.8 Å². The number of anilines is 1. The second-order valence-corrected chi connectivity index (χ2v) is 4.98. The summed E-state index contributed by atoms with van der Waals surface area (Å²) in [5.41, 5.74) is -1.17. The average Bonchev–Trinajstić information content (AvgIpc) is 2.81. The molecule has 1 amide bonds. The van der Waals surface area contributed by atoms with Gasteiger partial charge in [-0.25, -0.2) is 4.98 Å². The summed E-state index contributed by atoms with van der Waals surface area (Å²) in [6.07, 6.45) is -1.33. The van der Waals surface area contributed by atoms with Crippen molar-refractivity contribution in [3.05, 3.63) is 41.2 Å². The Morgan fingerprint density at radius 2 is 1.91 bits per heavy atom. The lowest BCUT2D eigenvalue weighted by molar-refractivity contribution is -0.138.